The van der Waals surface area contributed by atoms with Crippen LogP contribution in [0.1, 0.15) is 12.8 Å². The van der Waals surface area contributed by atoms with E-state index in [0.29, 0.717) is 0 Å². The summed E-state index contributed by atoms with van der Waals surface area (Å²) in [5.74, 6) is 0.896. The van der Waals surface area contributed by atoms with Gasteiger partial charge >= 0.3 is 0 Å². The highest BCUT2D eigenvalue weighted by molar-refractivity contribution is 5.84. The van der Waals surface area contributed by atoms with Crippen LogP contribution in [0.15, 0.2) is 30.3 Å². The van der Waals surface area contributed by atoms with Gasteiger partial charge in [0, 0.05) is 5.69 Å². The molecule has 1 aliphatic heterocycles. The fourth-order valence-corrected chi connectivity index (χ4v) is 1.63. The second kappa shape index (κ2) is 5.89. The summed E-state index contributed by atoms with van der Waals surface area (Å²) in [5.41, 5.74) is 6.47. The van der Waals surface area contributed by atoms with Crippen molar-refractivity contribution >= 4 is 17.4 Å². The summed E-state index contributed by atoms with van der Waals surface area (Å²) in [6.07, 6.45) is 2.08. The molecule has 0 unspecified atom stereocenters. The second-order valence-electron chi connectivity index (χ2n) is 3.90. The first-order valence-electron chi connectivity index (χ1n) is 5.78. The van der Waals surface area contributed by atoms with Gasteiger partial charge in [-0.15, -0.1) is 0 Å². The second-order valence-corrected chi connectivity index (χ2v) is 3.90. The number of rotatable bonds is 3. The van der Waals surface area contributed by atoms with E-state index < -0.39 is 0 Å². The molecule has 1 aliphatic rings. The average molecular weight is 233 g/mol. The van der Waals surface area contributed by atoms with Crippen molar-refractivity contribution in [1.29, 1.82) is 0 Å². The molecule has 5 heteroatoms. The Morgan fingerprint density at radius 3 is 2.82 bits per heavy atom. The zero-order valence-electron chi connectivity index (χ0n) is 9.62. The summed E-state index contributed by atoms with van der Waals surface area (Å²) in [5, 5.41) is 3.04. The van der Waals surface area contributed by atoms with Crippen LogP contribution in [0.5, 0.6) is 0 Å². The number of anilines is 1. The Balaban J connectivity index is 1.67. The van der Waals surface area contributed by atoms with Crippen molar-refractivity contribution in [2.24, 2.45) is 0 Å². The molecule has 4 N–H and O–H groups in total. The number of hydrogen-bond donors (Lipinski definition) is 4. The molecule has 0 radical (unpaired) electrons. The minimum Gasteiger partial charge on any atom is -0.376 e. The molecule has 0 aliphatic carbocycles. The lowest BCUT2D eigenvalue weighted by Gasteiger charge is -2.05. The maximum absolute atomic E-state index is 11.5. The molecule has 1 aromatic rings. The Morgan fingerprint density at radius 1 is 1.29 bits per heavy atom. The Kier molecular flexibility index (Phi) is 3.96. The van der Waals surface area contributed by atoms with E-state index in [1.165, 1.54) is 0 Å². The number of benzene rings is 1. The molecule has 1 amide bonds. The smallest absolute Gasteiger partial charge is 0.274 e. The lowest BCUT2D eigenvalue weighted by molar-refractivity contribution is -0.449. The third-order valence-corrected chi connectivity index (χ3v) is 2.52. The Morgan fingerprint density at radius 2 is 2.12 bits per heavy atom. The fraction of sp³-hybridized carbons (Fsp3) is 0.333. The van der Waals surface area contributed by atoms with Gasteiger partial charge in [0.15, 0.2) is 0 Å². The van der Waals surface area contributed by atoms with Crippen molar-refractivity contribution in [2.45, 2.75) is 12.8 Å². The van der Waals surface area contributed by atoms with Gasteiger partial charge in [-0.25, -0.2) is 0 Å². The number of amides is 1. The third-order valence-electron chi connectivity index (χ3n) is 2.52. The number of nitrogens with one attached hydrogen (secondary N) is 4. The molecule has 0 saturated heterocycles. The monoisotopic (exact) mass is 233 g/mol. The van der Waals surface area contributed by atoms with Crippen LogP contribution in [0.3, 0.4) is 0 Å². The normalized spacial score (nSPS) is 14.0. The van der Waals surface area contributed by atoms with E-state index in [4.69, 9.17) is 0 Å². The molecule has 17 heavy (non-hydrogen) atoms. The van der Waals surface area contributed by atoms with Gasteiger partial charge in [-0.05, 0) is 18.6 Å². The van der Waals surface area contributed by atoms with Crippen LogP contribution in [0.4, 0.5) is 5.69 Å². The first kappa shape index (κ1) is 11.4. The molecule has 1 heterocycles. The van der Waals surface area contributed by atoms with Crippen LogP contribution >= 0.6 is 0 Å². The summed E-state index contributed by atoms with van der Waals surface area (Å²) in [6, 6.07) is 9.64. The minimum absolute atomic E-state index is 0.0879. The number of amidine groups is 1. The topological polar surface area (TPSA) is 67.1 Å². The molecule has 90 valence electrons. The molecular weight excluding hydrogens is 216 g/mol. The molecule has 5 nitrogen and oxygen atoms in total. The van der Waals surface area contributed by atoms with Gasteiger partial charge in [0.1, 0.15) is 0 Å². The van der Waals surface area contributed by atoms with Gasteiger partial charge in [0.25, 0.3) is 11.7 Å². The van der Waals surface area contributed by atoms with Gasteiger partial charge in [0.2, 0.25) is 0 Å². The molecule has 0 saturated carbocycles. The van der Waals surface area contributed by atoms with E-state index in [1.54, 1.807) is 0 Å². The molecule has 0 fully saturated rings. The number of para-hydroxylation sites is 1. The van der Waals surface area contributed by atoms with Gasteiger partial charge in [0.05, 0.1) is 19.5 Å². The predicted molar refractivity (Wildman–Crippen MR) is 66.3 cm³/mol. The van der Waals surface area contributed by atoms with Crippen molar-refractivity contribution in [3.8, 4) is 0 Å². The number of hydrazine groups is 1. The zero-order valence-corrected chi connectivity index (χ0v) is 9.62. The molecule has 2 rings (SSSR count). The first-order valence-corrected chi connectivity index (χ1v) is 5.78. The molecule has 0 spiro atoms. The Labute approximate surface area is 100 Å². The van der Waals surface area contributed by atoms with Crippen LogP contribution in [0.25, 0.3) is 0 Å². The summed E-state index contributed by atoms with van der Waals surface area (Å²) in [6.45, 7) is 1.23. The molecule has 0 atom stereocenters. The third kappa shape index (κ3) is 3.79. The first-order chi connectivity index (χ1) is 8.34. The maximum atomic E-state index is 11.5. The van der Waals surface area contributed by atoms with Crippen LogP contribution in [-0.4, -0.2) is 24.8 Å². The van der Waals surface area contributed by atoms with E-state index in [0.717, 1.165) is 30.9 Å². The minimum atomic E-state index is -0.0879. The van der Waals surface area contributed by atoms with Gasteiger partial charge in [-0.3, -0.25) is 9.79 Å². The highest BCUT2D eigenvalue weighted by Gasteiger charge is 2.13. The van der Waals surface area contributed by atoms with Gasteiger partial charge in [-0.1, -0.05) is 18.2 Å². The van der Waals surface area contributed by atoms with Gasteiger partial charge < -0.3 is 5.32 Å². The Hall–Kier alpha value is -2.04. The van der Waals surface area contributed by atoms with Crippen molar-refractivity contribution < 1.29 is 9.79 Å². The molecule has 1 aromatic carbocycles. The summed E-state index contributed by atoms with van der Waals surface area (Å²) in [7, 11) is 0. The van der Waals surface area contributed by atoms with Crippen molar-refractivity contribution in [1.82, 2.24) is 10.9 Å². The van der Waals surface area contributed by atoms with E-state index in [-0.39, 0.29) is 12.5 Å². The lowest BCUT2D eigenvalue weighted by Crippen LogP contribution is -2.73. The largest absolute Gasteiger partial charge is 0.376 e. The summed E-state index contributed by atoms with van der Waals surface area (Å²) < 4.78 is 0. The SMILES string of the molecule is O=C(CNc1ccccc1)NNC1=[NH+]CCC1. The molecule has 0 aromatic heterocycles. The van der Waals surface area contributed by atoms with E-state index in [1.807, 2.05) is 30.3 Å². The van der Waals surface area contributed by atoms with Crippen LogP contribution in [0.2, 0.25) is 0 Å². The fourth-order valence-electron chi connectivity index (χ4n) is 1.63. The molecule has 0 bridgehead atoms. The van der Waals surface area contributed by atoms with Crippen molar-refractivity contribution in [3.05, 3.63) is 30.3 Å². The van der Waals surface area contributed by atoms with Crippen molar-refractivity contribution in [3.63, 3.8) is 0 Å². The van der Waals surface area contributed by atoms with E-state index in [2.05, 4.69) is 21.2 Å². The van der Waals surface area contributed by atoms with Crippen LogP contribution in [0, 0.1) is 0 Å². The summed E-state index contributed by atoms with van der Waals surface area (Å²) in [4.78, 5) is 14.7. The number of carbonyl (C=O) groups excluding carboxylic acids is 1. The standard InChI is InChI=1S/C12H16N4O/c17-12(16-15-11-7-4-8-13-11)9-14-10-5-2-1-3-6-10/h1-3,5-6,14H,4,7-9H2,(H,13,15)(H,16,17)/p+1. The van der Waals surface area contributed by atoms with E-state index in [9.17, 15) is 4.79 Å². The molecular formula is C12H17N4O+. The van der Waals surface area contributed by atoms with E-state index >= 15 is 0 Å². The zero-order chi connectivity index (χ0) is 11.9. The van der Waals surface area contributed by atoms with Gasteiger partial charge in [-0.2, -0.15) is 10.9 Å². The lowest BCUT2D eigenvalue weighted by atomic mass is 10.3. The summed E-state index contributed by atoms with van der Waals surface area (Å²) >= 11 is 0. The van der Waals surface area contributed by atoms with Crippen LogP contribution < -0.4 is 21.2 Å². The maximum Gasteiger partial charge on any atom is 0.274 e. The highest BCUT2D eigenvalue weighted by Crippen LogP contribution is 2.03. The highest BCUT2D eigenvalue weighted by atomic mass is 16.2. The van der Waals surface area contributed by atoms with Crippen LogP contribution in [-0.2, 0) is 4.79 Å². The van der Waals surface area contributed by atoms with Crippen molar-refractivity contribution in [2.75, 3.05) is 18.4 Å². The number of carbonyl (C=O) groups is 1. The number of hydrogen-bond acceptors (Lipinski definition) is 3. The Bertz CT molecular complexity index is 402. The predicted octanol–water partition coefficient (Wildman–Crippen LogP) is -1.01. The quantitative estimate of drug-likeness (QED) is 0.506. The average Bonchev–Trinajstić information content (AvgIpc) is 2.88.